The summed E-state index contributed by atoms with van der Waals surface area (Å²) < 4.78 is 5.25. The first-order valence-corrected chi connectivity index (χ1v) is 6.69. The fourth-order valence-corrected chi connectivity index (χ4v) is 1.92. The second-order valence-electron chi connectivity index (χ2n) is 4.58. The molecule has 5 heteroatoms. The van der Waals surface area contributed by atoms with E-state index in [9.17, 15) is 9.59 Å². The van der Waals surface area contributed by atoms with Crippen molar-refractivity contribution in [2.45, 2.75) is 13.8 Å². The fourth-order valence-electron chi connectivity index (χ4n) is 1.71. The van der Waals surface area contributed by atoms with Crippen molar-refractivity contribution in [3.63, 3.8) is 0 Å². The van der Waals surface area contributed by atoms with Gasteiger partial charge in [0, 0.05) is 13.0 Å². The summed E-state index contributed by atoms with van der Waals surface area (Å²) in [5.74, 6) is -0.362. The van der Waals surface area contributed by atoms with E-state index in [-0.39, 0.29) is 5.91 Å². The molecule has 1 N–H and O–H groups in total. The highest BCUT2D eigenvalue weighted by atomic mass is 35.5. The maximum atomic E-state index is 12.0. The molecule has 0 heterocycles. The summed E-state index contributed by atoms with van der Waals surface area (Å²) in [6, 6.07) is 11.7. The molecule has 0 bridgehead atoms. The Kier molecular flexibility index (Phi) is 4.60. The Hall–Kier alpha value is -2.33. The van der Waals surface area contributed by atoms with Gasteiger partial charge in [-0.25, -0.2) is 4.79 Å². The molecule has 2 aromatic rings. The lowest BCUT2D eigenvalue weighted by Gasteiger charge is -2.08. The average molecular weight is 304 g/mol. The summed E-state index contributed by atoms with van der Waals surface area (Å²) in [5, 5.41) is 2.89. The molecule has 0 spiro atoms. The summed E-state index contributed by atoms with van der Waals surface area (Å²) in [6.45, 7) is 3.33. The van der Waals surface area contributed by atoms with Crippen LogP contribution in [-0.2, 0) is 4.79 Å². The van der Waals surface area contributed by atoms with Gasteiger partial charge in [0.2, 0.25) is 5.91 Å². The first-order chi connectivity index (χ1) is 9.95. The van der Waals surface area contributed by atoms with E-state index in [4.69, 9.17) is 16.3 Å². The number of halogens is 1. The number of aryl methyl sites for hydroxylation is 1. The van der Waals surface area contributed by atoms with Gasteiger partial charge < -0.3 is 10.1 Å². The normalized spacial score (nSPS) is 10.0. The zero-order valence-corrected chi connectivity index (χ0v) is 12.4. The molecule has 0 aliphatic carbocycles. The molecule has 0 radical (unpaired) electrons. The molecule has 0 unspecified atom stereocenters. The number of carbonyl (C=O) groups is 2. The Balaban J connectivity index is 2.12. The number of benzene rings is 2. The summed E-state index contributed by atoms with van der Waals surface area (Å²) in [6.07, 6.45) is 0. The maximum absolute atomic E-state index is 12.0. The number of esters is 1. The van der Waals surface area contributed by atoms with E-state index in [2.05, 4.69) is 5.32 Å². The minimum atomic E-state index is -0.460. The lowest BCUT2D eigenvalue weighted by Crippen LogP contribution is -2.09. The van der Waals surface area contributed by atoms with Gasteiger partial charge in [0.15, 0.2) is 0 Å². The van der Waals surface area contributed by atoms with Crippen LogP contribution >= 0.6 is 11.6 Å². The third-order valence-electron chi connectivity index (χ3n) is 2.75. The summed E-state index contributed by atoms with van der Waals surface area (Å²) in [4.78, 5) is 22.9. The van der Waals surface area contributed by atoms with Crippen molar-refractivity contribution in [3.05, 3.63) is 58.6 Å². The van der Waals surface area contributed by atoms with Gasteiger partial charge in [0.25, 0.3) is 0 Å². The van der Waals surface area contributed by atoms with Crippen molar-refractivity contribution >= 4 is 29.2 Å². The second-order valence-corrected chi connectivity index (χ2v) is 4.99. The Bertz CT molecular complexity index is 680. The molecule has 1 amide bonds. The SMILES string of the molecule is CC(=O)Nc1ccc(OC(=O)c2ccc(C)cc2)cc1Cl. The molecule has 0 aromatic heterocycles. The van der Waals surface area contributed by atoms with Crippen LogP contribution in [0.3, 0.4) is 0 Å². The number of hydrogen-bond donors (Lipinski definition) is 1. The van der Waals surface area contributed by atoms with Gasteiger partial charge in [-0.3, -0.25) is 4.79 Å². The smallest absolute Gasteiger partial charge is 0.343 e. The average Bonchev–Trinajstić information content (AvgIpc) is 2.42. The fraction of sp³-hybridized carbons (Fsp3) is 0.125. The topological polar surface area (TPSA) is 55.4 Å². The van der Waals surface area contributed by atoms with Crippen LogP contribution in [-0.4, -0.2) is 11.9 Å². The molecule has 4 nitrogen and oxygen atoms in total. The van der Waals surface area contributed by atoms with E-state index in [1.165, 1.54) is 13.0 Å². The van der Waals surface area contributed by atoms with Gasteiger partial charge in [-0.1, -0.05) is 29.3 Å². The maximum Gasteiger partial charge on any atom is 0.343 e. The van der Waals surface area contributed by atoms with E-state index in [0.29, 0.717) is 22.0 Å². The molecular formula is C16H14ClNO3. The van der Waals surface area contributed by atoms with Crippen molar-refractivity contribution in [1.29, 1.82) is 0 Å². The Morgan fingerprint density at radius 1 is 1.10 bits per heavy atom. The molecule has 2 aromatic carbocycles. The largest absolute Gasteiger partial charge is 0.423 e. The van der Waals surface area contributed by atoms with E-state index in [1.807, 2.05) is 19.1 Å². The molecule has 108 valence electrons. The van der Waals surface area contributed by atoms with Crippen LogP contribution in [0.25, 0.3) is 0 Å². The van der Waals surface area contributed by atoms with Crippen molar-refractivity contribution in [2.75, 3.05) is 5.32 Å². The molecule has 0 aliphatic rings. The predicted molar refractivity (Wildman–Crippen MR) is 81.9 cm³/mol. The van der Waals surface area contributed by atoms with Gasteiger partial charge in [0.05, 0.1) is 16.3 Å². The minimum absolute atomic E-state index is 0.221. The Morgan fingerprint density at radius 3 is 2.33 bits per heavy atom. The van der Waals surface area contributed by atoms with Crippen LogP contribution in [0.5, 0.6) is 5.75 Å². The molecule has 0 saturated carbocycles. The van der Waals surface area contributed by atoms with E-state index in [0.717, 1.165) is 5.56 Å². The van der Waals surface area contributed by atoms with Crippen molar-refractivity contribution in [1.82, 2.24) is 0 Å². The Morgan fingerprint density at radius 2 is 1.76 bits per heavy atom. The number of amides is 1. The van der Waals surface area contributed by atoms with Gasteiger partial charge in [-0.15, -0.1) is 0 Å². The van der Waals surface area contributed by atoms with Crippen molar-refractivity contribution < 1.29 is 14.3 Å². The molecule has 0 fully saturated rings. The van der Waals surface area contributed by atoms with Crippen molar-refractivity contribution in [3.8, 4) is 5.75 Å². The van der Waals surface area contributed by atoms with Crippen LogP contribution < -0.4 is 10.1 Å². The zero-order chi connectivity index (χ0) is 15.4. The summed E-state index contributed by atoms with van der Waals surface area (Å²) in [5.41, 5.74) is 2.00. The van der Waals surface area contributed by atoms with E-state index in [1.54, 1.807) is 24.3 Å². The third kappa shape index (κ3) is 4.07. The van der Waals surface area contributed by atoms with E-state index >= 15 is 0 Å². The molecular weight excluding hydrogens is 290 g/mol. The van der Waals surface area contributed by atoms with Crippen LogP contribution in [0.15, 0.2) is 42.5 Å². The number of nitrogens with one attached hydrogen (secondary N) is 1. The zero-order valence-electron chi connectivity index (χ0n) is 11.6. The Labute approximate surface area is 127 Å². The molecule has 0 atom stereocenters. The standard InChI is InChI=1S/C16H14ClNO3/c1-10-3-5-12(6-4-10)16(20)21-13-7-8-15(14(17)9-13)18-11(2)19/h3-9H,1-2H3,(H,18,19). The quantitative estimate of drug-likeness (QED) is 0.692. The molecule has 21 heavy (non-hydrogen) atoms. The highest BCUT2D eigenvalue weighted by Crippen LogP contribution is 2.27. The molecule has 0 aliphatic heterocycles. The van der Waals surface area contributed by atoms with Crippen LogP contribution in [0.1, 0.15) is 22.8 Å². The van der Waals surface area contributed by atoms with Crippen LogP contribution in [0.2, 0.25) is 5.02 Å². The summed E-state index contributed by atoms with van der Waals surface area (Å²) in [7, 11) is 0. The van der Waals surface area contributed by atoms with Crippen molar-refractivity contribution in [2.24, 2.45) is 0 Å². The van der Waals surface area contributed by atoms with Crippen LogP contribution in [0.4, 0.5) is 5.69 Å². The van der Waals surface area contributed by atoms with E-state index < -0.39 is 5.97 Å². The number of rotatable bonds is 3. The molecule has 0 saturated heterocycles. The van der Waals surface area contributed by atoms with Gasteiger partial charge in [-0.05, 0) is 31.2 Å². The lowest BCUT2D eigenvalue weighted by atomic mass is 10.1. The monoisotopic (exact) mass is 303 g/mol. The number of anilines is 1. The first-order valence-electron chi connectivity index (χ1n) is 6.31. The highest BCUT2D eigenvalue weighted by Gasteiger charge is 2.10. The minimum Gasteiger partial charge on any atom is -0.423 e. The van der Waals surface area contributed by atoms with Gasteiger partial charge in [-0.2, -0.15) is 0 Å². The van der Waals surface area contributed by atoms with Gasteiger partial charge in [0.1, 0.15) is 5.75 Å². The number of hydrogen-bond acceptors (Lipinski definition) is 3. The van der Waals surface area contributed by atoms with Crippen LogP contribution in [0, 0.1) is 6.92 Å². The van der Waals surface area contributed by atoms with Gasteiger partial charge >= 0.3 is 5.97 Å². The number of carbonyl (C=O) groups excluding carboxylic acids is 2. The third-order valence-corrected chi connectivity index (χ3v) is 3.06. The molecule has 2 rings (SSSR count). The predicted octanol–water partition coefficient (Wildman–Crippen LogP) is 3.83. The summed E-state index contributed by atoms with van der Waals surface area (Å²) >= 11 is 6.02. The highest BCUT2D eigenvalue weighted by molar-refractivity contribution is 6.33. The second kappa shape index (κ2) is 6.41. The lowest BCUT2D eigenvalue weighted by molar-refractivity contribution is -0.114. The number of ether oxygens (including phenoxy) is 1. The first kappa shape index (κ1) is 15.1.